The first-order valence-corrected chi connectivity index (χ1v) is 8.01. The lowest BCUT2D eigenvalue weighted by Gasteiger charge is -2.09. The third kappa shape index (κ3) is 3.68. The number of sulfonamides is 1. The van der Waals surface area contributed by atoms with E-state index >= 15 is 0 Å². The van der Waals surface area contributed by atoms with E-state index in [1.165, 1.54) is 0 Å². The van der Waals surface area contributed by atoms with Gasteiger partial charge in [-0.05, 0) is 24.5 Å². The maximum atomic E-state index is 13.6. The summed E-state index contributed by atoms with van der Waals surface area (Å²) in [5.41, 5.74) is -0.230. The largest absolute Gasteiger partial charge is 0.352 e. The van der Waals surface area contributed by atoms with E-state index in [2.05, 4.69) is 5.32 Å². The molecule has 1 aliphatic carbocycles. The number of amides is 1. The lowest BCUT2D eigenvalue weighted by molar-refractivity contribution is 0.0952. The van der Waals surface area contributed by atoms with Gasteiger partial charge in [0.15, 0.2) is 0 Å². The smallest absolute Gasteiger partial charge is 0.252 e. The Morgan fingerprint density at radius 2 is 2.10 bits per heavy atom. The Labute approximate surface area is 121 Å². The van der Waals surface area contributed by atoms with Gasteiger partial charge >= 0.3 is 0 Å². The quantitative estimate of drug-likeness (QED) is 0.864. The Hall–Kier alpha value is -1.18. The maximum absolute atomic E-state index is 13.6. The van der Waals surface area contributed by atoms with Crippen molar-refractivity contribution in [2.45, 2.75) is 24.2 Å². The van der Waals surface area contributed by atoms with Gasteiger partial charge in [-0.1, -0.05) is 24.4 Å². The van der Waals surface area contributed by atoms with Crippen LogP contribution in [0.5, 0.6) is 0 Å². The summed E-state index contributed by atoms with van der Waals surface area (Å²) in [5.74, 6) is -0.969. The zero-order valence-electron chi connectivity index (χ0n) is 10.5. The van der Waals surface area contributed by atoms with Crippen LogP contribution in [-0.4, -0.2) is 20.9 Å². The van der Waals surface area contributed by atoms with Gasteiger partial charge < -0.3 is 5.32 Å². The topological polar surface area (TPSA) is 89.3 Å². The molecule has 5 nitrogen and oxygen atoms in total. The van der Waals surface area contributed by atoms with Gasteiger partial charge in [0.2, 0.25) is 10.0 Å². The summed E-state index contributed by atoms with van der Waals surface area (Å²) < 4.78 is 36.0. The van der Waals surface area contributed by atoms with Gasteiger partial charge in [-0.3, -0.25) is 4.79 Å². The molecule has 1 aliphatic rings. The minimum Gasteiger partial charge on any atom is -0.352 e. The first kappa shape index (κ1) is 15.2. The fraction of sp³-hybridized carbons (Fsp3) is 0.417. The van der Waals surface area contributed by atoms with E-state index in [9.17, 15) is 17.6 Å². The van der Waals surface area contributed by atoms with E-state index in [1.807, 2.05) is 0 Å². The Morgan fingerprint density at radius 3 is 2.65 bits per heavy atom. The number of hydrogen-bond donors (Lipinski definition) is 2. The second kappa shape index (κ2) is 5.67. The molecule has 1 aromatic rings. The molecule has 3 N–H and O–H groups in total. The summed E-state index contributed by atoms with van der Waals surface area (Å²) in [5, 5.41) is 7.10. The molecule has 1 saturated carbocycles. The molecular formula is C12H14ClFN2O3S. The number of carbonyl (C=O) groups excluding carboxylic acids is 1. The van der Waals surface area contributed by atoms with Crippen LogP contribution in [0.4, 0.5) is 4.39 Å². The lowest BCUT2D eigenvalue weighted by Crippen LogP contribution is -2.26. The van der Waals surface area contributed by atoms with Gasteiger partial charge in [0.25, 0.3) is 5.91 Å². The zero-order chi connectivity index (χ0) is 14.9. The Kier molecular flexibility index (Phi) is 4.31. The monoisotopic (exact) mass is 320 g/mol. The fourth-order valence-electron chi connectivity index (χ4n) is 1.79. The summed E-state index contributed by atoms with van der Waals surface area (Å²) in [6.07, 6.45) is 3.17. The van der Waals surface area contributed by atoms with Gasteiger partial charge in [-0.15, -0.1) is 0 Å². The lowest BCUT2D eigenvalue weighted by atomic mass is 10.2. The van der Waals surface area contributed by atoms with Crippen molar-refractivity contribution in [3.05, 3.63) is 28.5 Å². The van der Waals surface area contributed by atoms with E-state index in [0.29, 0.717) is 18.5 Å². The Morgan fingerprint density at radius 1 is 1.45 bits per heavy atom. The van der Waals surface area contributed by atoms with Gasteiger partial charge in [0.05, 0.1) is 15.5 Å². The average molecular weight is 321 g/mol. The molecule has 0 spiro atoms. The molecule has 1 fully saturated rings. The van der Waals surface area contributed by atoms with E-state index in [0.717, 1.165) is 25.3 Å². The summed E-state index contributed by atoms with van der Waals surface area (Å²) >= 11 is 5.69. The van der Waals surface area contributed by atoms with E-state index in [-0.39, 0.29) is 5.56 Å². The molecule has 8 heteroatoms. The molecule has 0 atom stereocenters. The molecule has 0 heterocycles. The molecule has 0 radical (unpaired) electrons. The van der Waals surface area contributed by atoms with Crippen LogP contribution in [0.3, 0.4) is 0 Å². The highest BCUT2D eigenvalue weighted by Gasteiger charge is 2.22. The number of benzene rings is 1. The zero-order valence-corrected chi connectivity index (χ0v) is 12.1. The predicted molar refractivity (Wildman–Crippen MR) is 72.5 cm³/mol. The number of hydrogen-bond acceptors (Lipinski definition) is 3. The molecule has 0 bridgehead atoms. The number of nitrogens with two attached hydrogens (primary N) is 1. The van der Waals surface area contributed by atoms with Crippen molar-refractivity contribution in [3.63, 3.8) is 0 Å². The van der Waals surface area contributed by atoms with Crippen molar-refractivity contribution in [1.82, 2.24) is 5.32 Å². The second-order valence-electron chi connectivity index (χ2n) is 4.80. The van der Waals surface area contributed by atoms with Crippen LogP contribution in [0.1, 0.15) is 29.6 Å². The van der Waals surface area contributed by atoms with Crippen LogP contribution in [0.15, 0.2) is 17.0 Å². The molecule has 2 rings (SSSR count). The van der Waals surface area contributed by atoms with Gasteiger partial charge in [-0.25, -0.2) is 17.9 Å². The molecule has 1 aromatic carbocycles. The average Bonchev–Trinajstić information content (AvgIpc) is 3.15. The maximum Gasteiger partial charge on any atom is 0.252 e. The molecule has 110 valence electrons. The molecular weight excluding hydrogens is 307 g/mol. The minimum atomic E-state index is -4.10. The Bertz CT molecular complexity index is 644. The van der Waals surface area contributed by atoms with E-state index in [4.69, 9.17) is 16.7 Å². The van der Waals surface area contributed by atoms with Crippen LogP contribution in [0, 0.1) is 11.7 Å². The highest BCUT2D eigenvalue weighted by atomic mass is 35.5. The van der Waals surface area contributed by atoms with Gasteiger partial charge in [0.1, 0.15) is 5.82 Å². The summed E-state index contributed by atoms with van der Waals surface area (Å²) in [7, 11) is -4.10. The summed E-state index contributed by atoms with van der Waals surface area (Å²) in [6, 6.07) is 1.67. The molecule has 0 saturated heterocycles. The standard InChI is InChI=1S/C12H14ClFN2O3S/c13-11-9(12(17)16-4-3-7-1-2-7)5-8(6-10(11)14)20(15,18)19/h5-7H,1-4H2,(H,16,17)(H2,15,18,19). The molecule has 0 unspecified atom stereocenters. The molecule has 20 heavy (non-hydrogen) atoms. The van der Waals surface area contributed by atoms with Crippen molar-refractivity contribution in [1.29, 1.82) is 0 Å². The number of halogens is 2. The summed E-state index contributed by atoms with van der Waals surface area (Å²) in [4.78, 5) is 11.4. The van der Waals surface area contributed by atoms with Crippen LogP contribution >= 0.6 is 11.6 Å². The van der Waals surface area contributed by atoms with Crippen molar-refractivity contribution >= 4 is 27.5 Å². The third-order valence-corrected chi connectivity index (χ3v) is 4.39. The SMILES string of the molecule is NS(=O)(=O)c1cc(F)c(Cl)c(C(=O)NCCC2CC2)c1. The first-order chi connectivity index (χ1) is 9.29. The molecule has 0 aliphatic heterocycles. The van der Waals surface area contributed by atoms with Crippen molar-refractivity contribution in [2.24, 2.45) is 11.1 Å². The fourth-order valence-corrected chi connectivity index (χ4v) is 2.53. The highest BCUT2D eigenvalue weighted by Crippen LogP contribution is 2.31. The van der Waals surface area contributed by atoms with Crippen LogP contribution in [0.2, 0.25) is 5.02 Å². The number of primary sulfonamides is 1. The molecule has 0 aromatic heterocycles. The first-order valence-electron chi connectivity index (χ1n) is 6.09. The van der Waals surface area contributed by atoms with E-state index < -0.39 is 31.7 Å². The highest BCUT2D eigenvalue weighted by molar-refractivity contribution is 7.89. The van der Waals surface area contributed by atoms with Gasteiger partial charge in [-0.2, -0.15) is 0 Å². The van der Waals surface area contributed by atoms with Crippen molar-refractivity contribution < 1.29 is 17.6 Å². The van der Waals surface area contributed by atoms with Crippen LogP contribution < -0.4 is 10.5 Å². The van der Waals surface area contributed by atoms with Crippen LogP contribution in [0.25, 0.3) is 0 Å². The Balaban J connectivity index is 2.20. The number of rotatable bonds is 5. The minimum absolute atomic E-state index is 0.230. The number of nitrogens with one attached hydrogen (secondary N) is 1. The van der Waals surface area contributed by atoms with Crippen LogP contribution in [-0.2, 0) is 10.0 Å². The summed E-state index contributed by atoms with van der Waals surface area (Å²) in [6.45, 7) is 0.445. The predicted octanol–water partition coefficient (Wildman–Crippen LogP) is 1.66. The normalized spacial score (nSPS) is 15.2. The van der Waals surface area contributed by atoms with Crippen molar-refractivity contribution in [2.75, 3.05) is 6.54 Å². The van der Waals surface area contributed by atoms with Crippen molar-refractivity contribution in [3.8, 4) is 0 Å². The van der Waals surface area contributed by atoms with Gasteiger partial charge in [0, 0.05) is 6.54 Å². The second-order valence-corrected chi connectivity index (χ2v) is 6.74. The van der Waals surface area contributed by atoms with E-state index in [1.54, 1.807) is 0 Å². The third-order valence-electron chi connectivity index (χ3n) is 3.11. The molecule has 1 amide bonds. The number of carbonyl (C=O) groups is 1.